The molecule has 1 rings (SSSR count). The molecule has 2 amide bonds. The van der Waals surface area contributed by atoms with E-state index in [9.17, 15) is 9.59 Å². The second-order valence-corrected chi connectivity index (χ2v) is 5.93. The van der Waals surface area contributed by atoms with Crippen LogP contribution in [0.1, 0.15) is 25.8 Å². The van der Waals surface area contributed by atoms with Crippen LogP contribution in [0.15, 0.2) is 22.7 Å². The molecule has 0 aromatic heterocycles. The van der Waals surface area contributed by atoms with Crippen molar-refractivity contribution in [2.75, 3.05) is 18.9 Å². The summed E-state index contributed by atoms with van der Waals surface area (Å²) < 4.78 is 0.970. The second kappa shape index (κ2) is 7.43. The Morgan fingerprint density at radius 1 is 1.40 bits per heavy atom. The van der Waals surface area contributed by atoms with E-state index < -0.39 is 0 Å². The molecule has 0 aliphatic carbocycles. The number of aryl methyl sites for hydroxylation is 1. The zero-order valence-corrected chi connectivity index (χ0v) is 14.0. The normalized spacial score (nSPS) is 11.8. The highest BCUT2D eigenvalue weighted by Gasteiger charge is 2.18. The van der Waals surface area contributed by atoms with E-state index in [2.05, 4.69) is 21.2 Å². The smallest absolute Gasteiger partial charge is 0.243 e. The predicted octanol–water partition coefficient (Wildman–Crippen LogP) is 3.20. The van der Waals surface area contributed by atoms with Crippen molar-refractivity contribution in [3.8, 4) is 0 Å². The first kappa shape index (κ1) is 16.7. The van der Waals surface area contributed by atoms with E-state index in [1.807, 2.05) is 39.0 Å². The summed E-state index contributed by atoms with van der Waals surface area (Å²) in [6.07, 6.45) is 0.774. The molecule has 1 atom stereocenters. The fourth-order valence-corrected chi connectivity index (χ4v) is 2.28. The van der Waals surface area contributed by atoms with Gasteiger partial charge in [-0.25, -0.2) is 0 Å². The minimum atomic E-state index is -0.186. The van der Waals surface area contributed by atoms with Crippen LogP contribution in [0.5, 0.6) is 0 Å². The molecule has 1 N–H and O–H groups in total. The SMILES string of the molecule is CCC(C)C(=O)N(C)CC(=O)Nc1ccc(Br)cc1C. The summed E-state index contributed by atoms with van der Waals surface area (Å²) in [4.78, 5) is 25.3. The van der Waals surface area contributed by atoms with Crippen LogP contribution < -0.4 is 5.32 Å². The van der Waals surface area contributed by atoms with Crippen LogP contribution in [0.2, 0.25) is 0 Å². The van der Waals surface area contributed by atoms with Crippen LogP contribution in [0, 0.1) is 12.8 Å². The molecular weight excluding hydrogens is 320 g/mol. The summed E-state index contributed by atoms with van der Waals surface area (Å²) in [5.74, 6) is -0.244. The topological polar surface area (TPSA) is 49.4 Å². The van der Waals surface area contributed by atoms with Crippen molar-refractivity contribution in [1.29, 1.82) is 0 Å². The number of halogens is 1. The van der Waals surface area contributed by atoms with Crippen LogP contribution >= 0.6 is 15.9 Å². The molecule has 0 spiro atoms. The van der Waals surface area contributed by atoms with Crippen LogP contribution in [0.4, 0.5) is 5.69 Å². The van der Waals surface area contributed by atoms with E-state index in [1.54, 1.807) is 7.05 Å². The average Bonchev–Trinajstić information content (AvgIpc) is 2.40. The molecule has 110 valence electrons. The van der Waals surface area contributed by atoms with Crippen molar-refractivity contribution in [1.82, 2.24) is 4.90 Å². The van der Waals surface area contributed by atoms with E-state index in [-0.39, 0.29) is 24.3 Å². The van der Waals surface area contributed by atoms with Crippen LogP contribution in [0.3, 0.4) is 0 Å². The number of amides is 2. The highest BCUT2D eigenvalue weighted by Crippen LogP contribution is 2.20. The maximum absolute atomic E-state index is 12.0. The van der Waals surface area contributed by atoms with E-state index in [0.717, 1.165) is 22.1 Å². The number of anilines is 1. The Morgan fingerprint density at radius 2 is 2.05 bits per heavy atom. The maximum atomic E-state index is 12.0. The monoisotopic (exact) mass is 340 g/mol. The molecule has 0 saturated heterocycles. The number of nitrogens with one attached hydrogen (secondary N) is 1. The van der Waals surface area contributed by atoms with Gasteiger partial charge in [-0.3, -0.25) is 9.59 Å². The molecular formula is C15H21BrN2O2. The number of carbonyl (C=O) groups is 2. The first-order valence-corrected chi connectivity index (χ1v) is 7.45. The molecule has 0 saturated carbocycles. The average molecular weight is 341 g/mol. The molecule has 20 heavy (non-hydrogen) atoms. The highest BCUT2D eigenvalue weighted by atomic mass is 79.9. The van der Waals surface area contributed by atoms with E-state index in [1.165, 1.54) is 4.90 Å². The van der Waals surface area contributed by atoms with Gasteiger partial charge in [-0.15, -0.1) is 0 Å². The Kier molecular flexibility index (Phi) is 6.20. The summed E-state index contributed by atoms with van der Waals surface area (Å²) >= 11 is 3.38. The van der Waals surface area contributed by atoms with Gasteiger partial charge in [0.1, 0.15) is 0 Å². The molecule has 5 heteroatoms. The van der Waals surface area contributed by atoms with Gasteiger partial charge in [0, 0.05) is 23.1 Å². The lowest BCUT2D eigenvalue weighted by Crippen LogP contribution is -2.37. The van der Waals surface area contributed by atoms with Crippen molar-refractivity contribution in [2.45, 2.75) is 27.2 Å². The van der Waals surface area contributed by atoms with Gasteiger partial charge in [-0.1, -0.05) is 29.8 Å². The largest absolute Gasteiger partial charge is 0.336 e. The van der Waals surface area contributed by atoms with Crippen molar-refractivity contribution in [3.05, 3.63) is 28.2 Å². The standard InChI is InChI=1S/C15H21BrN2O2/c1-5-10(2)15(20)18(4)9-14(19)17-13-7-6-12(16)8-11(13)3/h6-8,10H,5,9H2,1-4H3,(H,17,19). The van der Waals surface area contributed by atoms with Gasteiger partial charge in [-0.05, 0) is 37.1 Å². The number of rotatable bonds is 5. The molecule has 0 aliphatic rings. The van der Waals surface area contributed by atoms with Crippen molar-refractivity contribution >= 4 is 33.4 Å². The quantitative estimate of drug-likeness (QED) is 0.894. The van der Waals surface area contributed by atoms with Crippen molar-refractivity contribution < 1.29 is 9.59 Å². The molecule has 0 radical (unpaired) electrons. The minimum absolute atomic E-state index is 0.00446. The van der Waals surface area contributed by atoms with Gasteiger partial charge >= 0.3 is 0 Å². The van der Waals surface area contributed by atoms with Crippen LogP contribution in [-0.4, -0.2) is 30.3 Å². The van der Waals surface area contributed by atoms with Gasteiger partial charge in [-0.2, -0.15) is 0 Å². The number of hydrogen-bond acceptors (Lipinski definition) is 2. The van der Waals surface area contributed by atoms with E-state index in [4.69, 9.17) is 0 Å². The summed E-state index contributed by atoms with van der Waals surface area (Å²) in [5, 5.41) is 2.83. The summed E-state index contributed by atoms with van der Waals surface area (Å²) in [6, 6.07) is 5.65. The zero-order chi connectivity index (χ0) is 15.3. The summed E-state index contributed by atoms with van der Waals surface area (Å²) in [7, 11) is 1.66. The number of carbonyl (C=O) groups excluding carboxylic acids is 2. The van der Waals surface area contributed by atoms with Gasteiger partial charge < -0.3 is 10.2 Å². The molecule has 4 nitrogen and oxygen atoms in total. The Labute approximate surface area is 128 Å². The molecule has 0 aliphatic heterocycles. The van der Waals surface area contributed by atoms with Crippen molar-refractivity contribution in [2.24, 2.45) is 5.92 Å². The number of likely N-dealkylation sites (N-methyl/N-ethyl adjacent to an activating group) is 1. The Morgan fingerprint density at radius 3 is 2.60 bits per heavy atom. The lowest BCUT2D eigenvalue weighted by atomic mass is 10.1. The first-order chi connectivity index (χ1) is 9.35. The van der Waals surface area contributed by atoms with E-state index >= 15 is 0 Å². The van der Waals surface area contributed by atoms with Crippen LogP contribution in [0.25, 0.3) is 0 Å². The maximum Gasteiger partial charge on any atom is 0.243 e. The Hall–Kier alpha value is -1.36. The Bertz CT molecular complexity index is 503. The van der Waals surface area contributed by atoms with E-state index in [0.29, 0.717) is 0 Å². The first-order valence-electron chi connectivity index (χ1n) is 6.66. The summed E-state index contributed by atoms with van der Waals surface area (Å²) in [5.41, 5.74) is 1.74. The van der Waals surface area contributed by atoms with Crippen molar-refractivity contribution in [3.63, 3.8) is 0 Å². The fraction of sp³-hybridized carbons (Fsp3) is 0.467. The highest BCUT2D eigenvalue weighted by molar-refractivity contribution is 9.10. The lowest BCUT2D eigenvalue weighted by Gasteiger charge is -2.20. The number of benzene rings is 1. The minimum Gasteiger partial charge on any atom is -0.336 e. The second-order valence-electron chi connectivity index (χ2n) is 5.01. The van der Waals surface area contributed by atoms with Gasteiger partial charge in [0.25, 0.3) is 0 Å². The van der Waals surface area contributed by atoms with Gasteiger partial charge in [0.15, 0.2) is 0 Å². The lowest BCUT2D eigenvalue weighted by molar-refractivity contribution is -0.136. The predicted molar refractivity (Wildman–Crippen MR) is 84.6 cm³/mol. The Balaban J connectivity index is 2.61. The number of nitrogens with zero attached hydrogens (tertiary/aromatic N) is 1. The molecule has 1 aromatic rings. The molecule has 1 unspecified atom stereocenters. The van der Waals surface area contributed by atoms with Gasteiger partial charge in [0.05, 0.1) is 6.54 Å². The number of hydrogen-bond donors (Lipinski definition) is 1. The fourth-order valence-electron chi connectivity index (χ4n) is 1.80. The molecule has 1 aromatic carbocycles. The summed E-state index contributed by atoms with van der Waals surface area (Å²) in [6.45, 7) is 5.82. The van der Waals surface area contributed by atoms with Crippen LogP contribution in [-0.2, 0) is 9.59 Å². The third kappa shape index (κ3) is 4.63. The third-order valence-corrected chi connectivity index (χ3v) is 3.75. The molecule has 0 fully saturated rings. The molecule has 0 heterocycles. The van der Waals surface area contributed by atoms with Gasteiger partial charge in [0.2, 0.25) is 11.8 Å². The zero-order valence-electron chi connectivity index (χ0n) is 12.4. The molecule has 0 bridgehead atoms. The third-order valence-electron chi connectivity index (χ3n) is 3.25.